The molecule has 2 heterocycles. The van der Waals surface area contributed by atoms with Crippen LogP contribution in [0.2, 0.25) is 0 Å². The molecule has 6 rings (SSSR count). The minimum atomic E-state index is 0.244. The second-order valence-electron chi connectivity index (χ2n) is 8.26. The number of phenols is 1. The molecule has 1 atom stereocenters. The molecule has 0 aliphatic carbocycles. The van der Waals surface area contributed by atoms with Gasteiger partial charge in [0.15, 0.2) is 0 Å². The fourth-order valence-corrected chi connectivity index (χ4v) is 4.27. The lowest BCUT2D eigenvalue weighted by molar-refractivity contribution is 0.408. The van der Waals surface area contributed by atoms with Gasteiger partial charge in [0.2, 0.25) is 0 Å². The van der Waals surface area contributed by atoms with Gasteiger partial charge in [-0.15, -0.1) is 0 Å². The van der Waals surface area contributed by atoms with Gasteiger partial charge in [-0.25, -0.2) is 0 Å². The second kappa shape index (κ2) is 8.11. The van der Waals surface area contributed by atoms with Crippen LogP contribution in [0.15, 0.2) is 102 Å². The van der Waals surface area contributed by atoms with E-state index in [-0.39, 0.29) is 11.9 Å². The maximum Gasteiger partial charge on any atom is 0.115 e. The summed E-state index contributed by atoms with van der Waals surface area (Å²) in [6, 6.07) is 32.3. The highest BCUT2D eigenvalue weighted by atomic mass is 16.6. The van der Waals surface area contributed by atoms with Gasteiger partial charge in [0.1, 0.15) is 11.9 Å². The number of epoxide rings is 1. The summed E-state index contributed by atoms with van der Waals surface area (Å²) in [7, 11) is 0. The van der Waals surface area contributed by atoms with Gasteiger partial charge >= 0.3 is 0 Å². The van der Waals surface area contributed by atoms with Crippen molar-refractivity contribution < 1.29 is 9.84 Å². The van der Waals surface area contributed by atoms with Crippen LogP contribution >= 0.6 is 0 Å². The molecule has 1 aliphatic rings. The van der Waals surface area contributed by atoms with Crippen LogP contribution < -0.4 is 5.01 Å². The molecule has 33 heavy (non-hydrogen) atoms. The number of hydrogen-bond donors (Lipinski definition) is 1. The Morgan fingerprint density at radius 3 is 2.39 bits per heavy atom. The molecule has 1 aromatic heterocycles. The largest absolute Gasteiger partial charge is 0.508 e. The highest BCUT2D eigenvalue weighted by Gasteiger charge is 2.25. The second-order valence-corrected chi connectivity index (χ2v) is 8.26. The fourth-order valence-electron chi connectivity index (χ4n) is 4.27. The first-order chi connectivity index (χ1) is 16.3. The number of hydrogen-bond acceptors (Lipinski definition) is 4. The Hall–Kier alpha value is -4.09. The van der Waals surface area contributed by atoms with Crippen molar-refractivity contribution in [3.05, 3.63) is 103 Å². The fraction of sp³-hybridized carbons (Fsp3) is 0.107. The third-order valence-corrected chi connectivity index (χ3v) is 5.98. The predicted molar refractivity (Wildman–Crippen MR) is 134 cm³/mol. The van der Waals surface area contributed by atoms with Gasteiger partial charge in [-0.3, -0.25) is 5.01 Å². The normalized spacial score (nSPS) is 15.5. The highest BCUT2D eigenvalue weighted by molar-refractivity contribution is 6.10. The van der Waals surface area contributed by atoms with Crippen molar-refractivity contribution in [2.75, 3.05) is 18.2 Å². The molecular formula is C28H23N3O2. The Kier molecular flexibility index (Phi) is 4.82. The zero-order chi connectivity index (χ0) is 22.2. The molecule has 162 valence electrons. The summed E-state index contributed by atoms with van der Waals surface area (Å²) < 4.78 is 7.66. The van der Waals surface area contributed by atoms with Crippen LogP contribution in [0.4, 0.5) is 5.69 Å². The lowest BCUT2D eigenvalue weighted by atomic mass is 10.1. The van der Waals surface area contributed by atoms with Crippen LogP contribution in [-0.4, -0.2) is 35.1 Å². The monoisotopic (exact) mass is 433 g/mol. The number of para-hydroxylation sites is 2. The van der Waals surface area contributed by atoms with Gasteiger partial charge < -0.3 is 14.4 Å². The van der Waals surface area contributed by atoms with Crippen molar-refractivity contribution in [1.29, 1.82) is 0 Å². The SMILES string of the molecule is Oc1ccc(-n2c3ccccc3c3cc(/C=N/N(CC4CO4)c4ccccc4)ccc32)cc1. The zero-order valence-electron chi connectivity index (χ0n) is 18.0. The molecule has 0 radical (unpaired) electrons. The number of nitrogens with zero attached hydrogens (tertiary/aromatic N) is 3. The number of aromatic nitrogens is 1. The van der Waals surface area contributed by atoms with E-state index in [0.717, 1.165) is 41.1 Å². The van der Waals surface area contributed by atoms with Crippen molar-refractivity contribution in [3.63, 3.8) is 0 Å². The quantitative estimate of drug-likeness (QED) is 0.211. The molecule has 1 unspecified atom stereocenters. The smallest absolute Gasteiger partial charge is 0.115 e. The summed E-state index contributed by atoms with van der Waals surface area (Å²) in [6.45, 7) is 1.53. The first-order valence-electron chi connectivity index (χ1n) is 11.1. The lowest BCUT2D eigenvalue weighted by Gasteiger charge is -2.17. The Labute approximate surface area is 191 Å². The molecule has 0 bridgehead atoms. The summed E-state index contributed by atoms with van der Waals surface area (Å²) in [5.41, 5.74) is 5.34. The third kappa shape index (κ3) is 3.83. The molecule has 5 heteroatoms. The van der Waals surface area contributed by atoms with Gasteiger partial charge in [0, 0.05) is 16.5 Å². The number of hydrazone groups is 1. The minimum Gasteiger partial charge on any atom is -0.508 e. The molecule has 0 amide bonds. The summed E-state index contributed by atoms with van der Waals surface area (Å²) >= 11 is 0. The van der Waals surface area contributed by atoms with E-state index in [1.807, 2.05) is 41.6 Å². The highest BCUT2D eigenvalue weighted by Crippen LogP contribution is 2.33. The summed E-state index contributed by atoms with van der Waals surface area (Å²) in [4.78, 5) is 0. The van der Waals surface area contributed by atoms with Crippen LogP contribution in [0.5, 0.6) is 5.75 Å². The maximum atomic E-state index is 9.73. The first kappa shape index (κ1) is 19.6. The van der Waals surface area contributed by atoms with Crippen LogP contribution in [0.1, 0.15) is 5.56 Å². The van der Waals surface area contributed by atoms with E-state index in [1.54, 1.807) is 12.1 Å². The van der Waals surface area contributed by atoms with E-state index in [9.17, 15) is 5.11 Å². The Balaban J connectivity index is 1.42. The zero-order valence-corrected chi connectivity index (χ0v) is 18.0. The standard InChI is InChI=1S/C28H23N3O2/c32-23-13-11-22(12-14-23)31-27-9-5-4-8-25(27)26-16-20(10-15-28(26)31)17-29-30(18-24-19-33-24)21-6-2-1-3-7-21/h1-17,24,32H,18-19H2/b29-17+. The van der Waals surface area contributed by atoms with E-state index < -0.39 is 0 Å². The molecule has 1 aliphatic heterocycles. The first-order valence-corrected chi connectivity index (χ1v) is 11.1. The summed E-state index contributed by atoms with van der Waals surface area (Å²) in [5, 5.41) is 18.9. The molecule has 1 saturated heterocycles. The molecular weight excluding hydrogens is 410 g/mol. The van der Waals surface area contributed by atoms with Crippen molar-refractivity contribution in [2.24, 2.45) is 5.10 Å². The van der Waals surface area contributed by atoms with Crippen molar-refractivity contribution in [1.82, 2.24) is 4.57 Å². The number of phenolic OH excluding ortho intramolecular Hbond substituents is 1. The number of fused-ring (bicyclic) bond motifs is 3. The number of benzene rings is 4. The van der Waals surface area contributed by atoms with E-state index in [2.05, 4.69) is 59.2 Å². The summed E-state index contributed by atoms with van der Waals surface area (Å²) in [6.07, 6.45) is 2.16. The third-order valence-electron chi connectivity index (χ3n) is 5.98. The molecule has 5 aromatic rings. The Morgan fingerprint density at radius 2 is 1.61 bits per heavy atom. The maximum absolute atomic E-state index is 9.73. The van der Waals surface area contributed by atoms with Crippen LogP contribution in [-0.2, 0) is 4.74 Å². The van der Waals surface area contributed by atoms with Crippen molar-refractivity contribution >= 4 is 33.7 Å². The van der Waals surface area contributed by atoms with Crippen LogP contribution in [0, 0.1) is 0 Å². The van der Waals surface area contributed by atoms with Crippen molar-refractivity contribution in [3.8, 4) is 11.4 Å². The number of aromatic hydroxyl groups is 1. The Bertz CT molecular complexity index is 1450. The minimum absolute atomic E-state index is 0.244. The summed E-state index contributed by atoms with van der Waals surface area (Å²) in [5.74, 6) is 0.262. The molecule has 1 fully saturated rings. The molecule has 0 saturated carbocycles. The number of ether oxygens (including phenoxy) is 1. The molecule has 5 nitrogen and oxygen atoms in total. The van der Waals surface area contributed by atoms with E-state index in [0.29, 0.717) is 0 Å². The van der Waals surface area contributed by atoms with E-state index >= 15 is 0 Å². The van der Waals surface area contributed by atoms with E-state index in [1.165, 1.54) is 10.8 Å². The average Bonchev–Trinajstić information content (AvgIpc) is 3.63. The van der Waals surface area contributed by atoms with Gasteiger partial charge in [0.25, 0.3) is 0 Å². The molecule has 0 spiro atoms. The van der Waals surface area contributed by atoms with E-state index in [4.69, 9.17) is 9.84 Å². The average molecular weight is 434 g/mol. The number of rotatable bonds is 6. The predicted octanol–water partition coefficient (Wildman–Crippen LogP) is 5.73. The molecule has 4 aromatic carbocycles. The van der Waals surface area contributed by atoms with Gasteiger partial charge in [-0.1, -0.05) is 42.5 Å². The topological polar surface area (TPSA) is 53.3 Å². The van der Waals surface area contributed by atoms with Crippen LogP contribution in [0.25, 0.3) is 27.5 Å². The number of anilines is 1. The van der Waals surface area contributed by atoms with Gasteiger partial charge in [-0.05, 0) is 60.2 Å². The van der Waals surface area contributed by atoms with Crippen molar-refractivity contribution in [2.45, 2.75) is 6.10 Å². The Morgan fingerprint density at radius 1 is 0.879 bits per heavy atom. The molecule has 1 N–H and O–H groups in total. The van der Waals surface area contributed by atoms with Gasteiger partial charge in [-0.2, -0.15) is 5.10 Å². The van der Waals surface area contributed by atoms with Gasteiger partial charge in [0.05, 0.1) is 36.1 Å². The van der Waals surface area contributed by atoms with Crippen LogP contribution in [0.3, 0.4) is 0 Å². The lowest BCUT2D eigenvalue weighted by Crippen LogP contribution is -2.22.